The Morgan fingerprint density at radius 1 is 1.50 bits per heavy atom. The van der Waals surface area contributed by atoms with Gasteiger partial charge in [-0.1, -0.05) is 13.8 Å². The van der Waals surface area contributed by atoms with Crippen LogP contribution in [0.25, 0.3) is 0 Å². The third-order valence-electron chi connectivity index (χ3n) is 3.25. The first-order valence-corrected chi connectivity index (χ1v) is 8.39. The maximum absolute atomic E-state index is 12.5. The van der Waals surface area contributed by atoms with Crippen LogP contribution in [0.5, 0.6) is 0 Å². The van der Waals surface area contributed by atoms with E-state index in [1.807, 2.05) is 12.4 Å². The van der Waals surface area contributed by atoms with Crippen LogP contribution >= 0.6 is 11.3 Å². The lowest BCUT2D eigenvalue weighted by Gasteiger charge is -2.18. The fourth-order valence-electron chi connectivity index (χ4n) is 2.18. The molecule has 2 rings (SSSR count). The van der Waals surface area contributed by atoms with Crippen LogP contribution in [0, 0.1) is 5.41 Å². The quantitative estimate of drug-likeness (QED) is 0.920. The maximum atomic E-state index is 12.5. The van der Waals surface area contributed by atoms with E-state index in [0.29, 0.717) is 23.8 Å². The Morgan fingerprint density at radius 2 is 2.22 bits per heavy atom. The highest BCUT2D eigenvalue weighted by Crippen LogP contribution is 2.34. The Balaban J connectivity index is 2.20. The Morgan fingerprint density at radius 3 is 2.78 bits per heavy atom. The lowest BCUT2D eigenvalue weighted by atomic mass is 9.93. The largest absolute Gasteiger partial charge is 0.316 e. The lowest BCUT2D eigenvalue weighted by Crippen LogP contribution is -2.29. The smallest absolute Gasteiger partial charge is 0.252 e. The van der Waals surface area contributed by atoms with E-state index < -0.39 is 10.0 Å². The molecular formula is C12H20N2O2S2. The second kappa shape index (κ2) is 4.92. The van der Waals surface area contributed by atoms with Crippen molar-refractivity contribution in [3.8, 4) is 0 Å². The average Bonchev–Trinajstić information content (AvgIpc) is 2.86. The molecule has 1 aromatic rings. The van der Waals surface area contributed by atoms with E-state index in [-0.39, 0.29) is 5.41 Å². The second-order valence-corrected chi connectivity index (χ2v) is 8.63. The average molecular weight is 288 g/mol. The molecule has 1 aliphatic rings. The minimum Gasteiger partial charge on any atom is -0.316 e. The molecule has 0 bridgehead atoms. The molecular weight excluding hydrogens is 268 g/mol. The molecule has 0 amide bonds. The fourth-order valence-corrected chi connectivity index (χ4v) is 5.17. The van der Waals surface area contributed by atoms with E-state index in [1.165, 1.54) is 11.3 Å². The summed E-state index contributed by atoms with van der Waals surface area (Å²) in [4.78, 5) is 0. The monoisotopic (exact) mass is 288 g/mol. The molecule has 1 aromatic heterocycles. The van der Waals surface area contributed by atoms with Crippen LogP contribution in [0.1, 0.15) is 25.8 Å². The van der Waals surface area contributed by atoms with E-state index in [1.54, 1.807) is 10.4 Å². The van der Waals surface area contributed by atoms with Gasteiger partial charge in [0.25, 0.3) is 10.0 Å². The zero-order valence-corrected chi connectivity index (χ0v) is 12.7. The maximum Gasteiger partial charge on any atom is 0.252 e. The highest BCUT2D eigenvalue weighted by Gasteiger charge is 2.37. The number of hydrogen-bond acceptors (Lipinski definition) is 4. The molecule has 1 N–H and O–H groups in total. The van der Waals surface area contributed by atoms with Gasteiger partial charge in [0.05, 0.1) is 0 Å². The number of hydrogen-bond donors (Lipinski definition) is 1. The van der Waals surface area contributed by atoms with Gasteiger partial charge in [0.2, 0.25) is 0 Å². The molecule has 0 spiro atoms. The van der Waals surface area contributed by atoms with Gasteiger partial charge in [0.15, 0.2) is 0 Å². The van der Waals surface area contributed by atoms with E-state index in [0.717, 1.165) is 12.0 Å². The van der Waals surface area contributed by atoms with Gasteiger partial charge in [0, 0.05) is 19.6 Å². The highest BCUT2D eigenvalue weighted by molar-refractivity contribution is 7.91. The summed E-state index contributed by atoms with van der Waals surface area (Å²) in [6, 6.07) is 1.78. The van der Waals surface area contributed by atoms with E-state index in [4.69, 9.17) is 0 Å². The first kappa shape index (κ1) is 14.0. The first-order chi connectivity index (χ1) is 8.35. The Labute approximate surface area is 113 Å². The van der Waals surface area contributed by atoms with Crippen LogP contribution in [-0.2, 0) is 16.6 Å². The molecule has 1 saturated heterocycles. The van der Waals surface area contributed by atoms with Crippen molar-refractivity contribution in [1.29, 1.82) is 0 Å². The topological polar surface area (TPSA) is 49.4 Å². The fraction of sp³-hybridized carbons (Fsp3) is 0.667. The molecule has 0 saturated carbocycles. The molecule has 0 radical (unpaired) electrons. The summed E-state index contributed by atoms with van der Waals surface area (Å²) in [5.74, 6) is 0. The number of rotatable bonds is 4. The molecule has 1 aliphatic heterocycles. The van der Waals surface area contributed by atoms with Crippen LogP contribution in [-0.4, -0.2) is 32.9 Å². The van der Waals surface area contributed by atoms with Crippen molar-refractivity contribution >= 4 is 21.4 Å². The van der Waals surface area contributed by atoms with Gasteiger partial charge in [-0.25, -0.2) is 8.42 Å². The molecule has 0 aromatic carbocycles. The van der Waals surface area contributed by atoms with Crippen molar-refractivity contribution in [2.45, 2.75) is 31.0 Å². The molecule has 1 fully saturated rings. The van der Waals surface area contributed by atoms with Crippen molar-refractivity contribution in [2.75, 3.05) is 20.1 Å². The number of nitrogens with zero attached hydrogens (tertiary/aromatic N) is 1. The lowest BCUT2D eigenvalue weighted by molar-refractivity contribution is 0.376. The zero-order valence-electron chi connectivity index (χ0n) is 11.1. The van der Waals surface area contributed by atoms with Gasteiger partial charge in [0.1, 0.15) is 4.21 Å². The van der Waals surface area contributed by atoms with E-state index in [2.05, 4.69) is 19.2 Å². The van der Waals surface area contributed by atoms with Gasteiger partial charge in [-0.3, -0.25) is 0 Å². The molecule has 18 heavy (non-hydrogen) atoms. The van der Waals surface area contributed by atoms with E-state index in [9.17, 15) is 8.42 Å². The van der Waals surface area contributed by atoms with Crippen molar-refractivity contribution < 1.29 is 8.42 Å². The first-order valence-electron chi connectivity index (χ1n) is 6.07. The second-order valence-electron chi connectivity index (χ2n) is 5.56. The van der Waals surface area contributed by atoms with Gasteiger partial charge >= 0.3 is 0 Å². The Kier molecular flexibility index (Phi) is 3.82. The van der Waals surface area contributed by atoms with Gasteiger partial charge < -0.3 is 5.32 Å². The predicted octanol–water partition coefficient (Wildman–Crippen LogP) is 1.89. The van der Waals surface area contributed by atoms with E-state index >= 15 is 0 Å². The molecule has 2 heterocycles. The minimum absolute atomic E-state index is 0.0954. The minimum atomic E-state index is -3.28. The zero-order chi connectivity index (χ0) is 13.4. The summed E-state index contributed by atoms with van der Waals surface area (Å²) in [5.41, 5.74) is 1.12. The molecule has 6 heteroatoms. The summed E-state index contributed by atoms with van der Waals surface area (Å²) in [6.45, 7) is 6.19. The molecule has 4 nitrogen and oxygen atoms in total. The van der Waals surface area contributed by atoms with Gasteiger partial charge in [-0.05, 0) is 35.9 Å². The number of thiophene rings is 1. The van der Waals surface area contributed by atoms with Crippen molar-refractivity contribution in [1.82, 2.24) is 9.62 Å². The van der Waals surface area contributed by atoms with Crippen molar-refractivity contribution in [2.24, 2.45) is 5.41 Å². The summed E-state index contributed by atoms with van der Waals surface area (Å²) < 4.78 is 27.0. The van der Waals surface area contributed by atoms with Crippen LogP contribution < -0.4 is 5.32 Å². The highest BCUT2D eigenvalue weighted by atomic mass is 32.2. The third kappa shape index (κ3) is 2.77. The van der Waals surface area contributed by atoms with Crippen LogP contribution in [0.3, 0.4) is 0 Å². The number of sulfonamides is 1. The molecule has 0 atom stereocenters. The van der Waals surface area contributed by atoms with Crippen molar-refractivity contribution in [3.63, 3.8) is 0 Å². The summed E-state index contributed by atoms with van der Waals surface area (Å²) in [7, 11) is -1.43. The third-order valence-corrected chi connectivity index (χ3v) is 6.56. The molecule has 0 unspecified atom stereocenters. The van der Waals surface area contributed by atoms with Gasteiger partial charge in [-0.15, -0.1) is 11.3 Å². The summed E-state index contributed by atoms with van der Waals surface area (Å²) in [5, 5.41) is 4.94. The molecule has 102 valence electrons. The summed E-state index contributed by atoms with van der Waals surface area (Å²) >= 11 is 1.31. The van der Waals surface area contributed by atoms with Crippen LogP contribution in [0.4, 0.5) is 0 Å². The number of nitrogens with one attached hydrogen (secondary N) is 1. The SMILES string of the molecule is CNCc1csc(S(=O)(=O)N2CCC(C)(C)C2)c1. The van der Waals surface area contributed by atoms with Crippen molar-refractivity contribution in [3.05, 3.63) is 17.0 Å². The normalized spacial score (nSPS) is 20.4. The Hall–Kier alpha value is -0.430. The molecule has 0 aliphatic carbocycles. The summed E-state index contributed by atoms with van der Waals surface area (Å²) in [6.07, 6.45) is 0.932. The standard InChI is InChI=1S/C12H20N2O2S2/c1-12(2)4-5-14(9-12)18(15,16)11-6-10(7-13-3)8-17-11/h6,8,13H,4-5,7,9H2,1-3H3. The van der Waals surface area contributed by atoms with Crippen LogP contribution in [0.2, 0.25) is 0 Å². The van der Waals surface area contributed by atoms with Crippen LogP contribution in [0.15, 0.2) is 15.7 Å². The Bertz CT molecular complexity index is 520. The predicted molar refractivity (Wildman–Crippen MR) is 74.2 cm³/mol. The van der Waals surface area contributed by atoms with Gasteiger partial charge in [-0.2, -0.15) is 4.31 Å².